The van der Waals surface area contributed by atoms with E-state index in [-0.39, 0.29) is 0 Å². The second-order valence-electron chi connectivity index (χ2n) is 6.32. The van der Waals surface area contributed by atoms with E-state index in [1.165, 1.54) is 44.2 Å². The number of halogens is 1. The van der Waals surface area contributed by atoms with Crippen LogP contribution in [0.4, 0.5) is 0 Å². The second kappa shape index (κ2) is 8.92. The zero-order valence-corrected chi connectivity index (χ0v) is 15.0. The van der Waals surface area contributed by atoms with Crippen LogP contribution in [0.5, 0.6) is 0 Å². The molecule has 0 aromatic heterocycles. The average Bonchev–Trinajstić information content (AvgIpc) is 2.74. The van der Waals surface area contributed by atoms with Gasteiger partial charge in [-0.05, 0) is 56.8 Å². The Labute approximate surface area is 138 Å². The van der Waals surface area contributed by atoms with Crippen molar-refractivity contribution in [1.29, 1.82) is 0 Å². The molecule has 1 aromatic carbocycles. The lowest BCUT2D eigenvalue weighted by atomic mass is 10.00. The van der Waals surface area contributed by atoms with Gasteiger partial charge in [-0.15, -0.1) is 0 Å². The van der Waals surface area contributed by atoms with Crippen molar-refractivity contribution in [3.05, 3.63) is 34.3 Å². The molecule has 3 heteroatoms. The van der Waals surface area contributed by atoms with Gasteiger partial charge >= 0.3 is 0 Å². The third-order valence-electron chi connectivity index (χ3n) is 4.47. The standard InChI is InChI=1S/C18H29BrN2/c1-3-18(15-8-10-16(19)11-9-15)21-14(2)13-17-7-5-4-6-12-20-17/h8-11,14,17-18,20-21H,3-7,12-13H2,1-2H3. The summed E-state index contributed by atoms with van der Waals surface area (Å²) in [5, 5.41) is 7.52. The van der Waals surface area contributed by atoms with Crippen molar-refractivity contribution < 1.29 is 0 Å². The minimum Gasteiger partial charge on any atom is -0.314 e. The van der Waals surface area contributed by atoms with Crippen LogP contribution in [0.25, 0.3) is 0 Å². The molecule has 1 aliphatic rings. The SMILES string of the molecule is CCC(NC(C)CC1CCCCCN1)c1ccc(Br)cc1. The van der Waals surface area contributed by atoms with E-state index in [1.54, 1.807) is 0 Å². The summed E-state index contributed by atoms with van der Waals surface area (Å²) in [6.45, 7) is 5.78. The number of nitrogens with one attached hydrogen (secondary N) is 2. The van der Waals surface area contributed by atoms with E-state index in [0.717, 1.165) is 10.9 Å². The number of benzene rings is 1. The van der Waals surface area contributed by atoms with Crippen LogP contribution in [0.3, 0.4) is 0 Å². The number of hydrogen-bond donors (Lipinski definition) is 2. The van der Waals surface area contributed by atoms with E-state index < -0.39 is 0 Å². The topological polar surface area (TPSA) is 24.1 Å². The fraction of sp³-hybridized carbons (Fsp3) is 0.667. The minimum absolute atomic E-state index is 0.457. The Balaban J connectivity index is 1.86. The highest BCUT2D eigenvalue weighted by Gasteiger charge is 2.17. The van der Waals surface area contributed by atoms with E-state index in [2.05, 4.69) is 64.7 Å². The van der Waals surface area contributed by atoms with Crippen LogP contribution in [0.2, 0.25) is 0 Å². The fourth-order valence-corrected chi connectivity index (χ4v) is 3.55. The van der Waals surface area contributed by atoms with Crippen LogP contribution in [-0.4, -0.2) is 18.6 Å². The van der Waals surface area contributed by atoms with Gasteiger partial charge in [0.2, 0.25) is 0 Å². The Bertz CT molecular complexity index is 396. The maximum absolute atomic E-state index is 3.81. The molecule has 0 amide bonds. The molecule has 2 nitrogen and oxygen atoms in total. The maximum Gasteiger partial charge on any atom is 0.0319 e. The van der Waals surface area contributed by atoms with Crippen molar-refractivity contribution in [3.8, 4) is 0 Å². The van der Waals surface area contributed by atoms with Crippen molar-refractivity contribution in [1.82, 2.24) is 10.6 Å². The Morgan fingerprint density at radius 3 is 2.71 bits per heavy atom. The highest BCUT2D eigenvalue weighted by molar-refractivity contribution is 9.10. The molecule has 3 atom stereocenters. The quantitative estimate of drug-likeness (QED) is 0.768. The summed E-state index contributed by atoms with van der Waals surface area (Å²) in [5.41, 5.74) is 1.39. The molecule has 1 fully saturated rings. The first-order valence-corrected chi connectivity index (χ1v) is 9.23. The van der Waals surface area contributed by atoms with E-state index >= 15 is 0 Å². The molecule has 0 radical (unpaired) electrons. The fourth-order valence-electron chi connectivity index (χ4n) is 3.29. The van der Waals surface area contributed by atoms with Crippen LogP contribution in [0.15, 0.2) is 28.7 Å². The molecule has 21 heavy (non-hydrogen) atoms. The van der Waals surface area contributed by atoms with Crippen molar-refractivity contribution in [2.45, 2.75) is 70.5 Å². The molecule has 0 bridgehead atoms. The van der Waals surface area contributed by atoms with Crippen LogP contribution >= 0.6 is 15.9 Å². The van der Waals surface area contributed by atoms with Gasteiger partial charge in [0, 0.05) is 22.6 Å². The zero-order valence-electron chi connectivity index (χ0n) is 13.4. The number of hydrogen-bond acceptors (Lipinski definition) is 2. The van der Waals surface area contributed by atoms with Crippen LogP contribution in [0.1, 0.15) is 64.0 Å². The molecule has 0 spiro atoms. The Morgan fingerprint density at radius 2 is 2.00 bits per heavy atom. The minimum atomic E-state index is 0.457. The molecular weight excluding hydrogens is 324 g/mol. The summed E-state index contributed by atoms with van der Waals surface area (Å²) in [7, 11) is 0. The predicted octanol–water partition coefficient (Wildman–Crippen LogP) is 4.80. The third-order valence-corrected chi connectivity index (χ3v) is 5.00. The summed E-state index contributed by atoms with van der Waals surface area (Å²) in [4.78, 5) is 0. The first kappa shape index (κ1) is 17.0. The molecule has 118 valence electrons. The monoisotopic (exact) mass is 352 g/mol. The lowest BCUT2D eigenvalue weighted by Gasteiger charge is -2.26. The lowest BCUT2D eigenvalue weighted by Crippen LogP contribution is -2.38. The molecule has 0 aliphatic carbocycles. The molecule has 1 heterocycles. The predicted molar refractivity (Wildman–Crippen MR) is 94.6 cm³/mol. The zero-order chi connectivity index (χ0) is 15.1. The summed E-state index contributed by atoms with van der Waals surface area (Å²) in [5.74, 6) is 0. The van der Waals surface area contributed by atoms with Gasteiger partial charge in [-0.2, -0.15) is 0 Å². The number of rotatable bonds is 6. The van der Waals surface area contributed by atoms with Gasteiger partial charge in [-0.1, -0.05) is 47.8 Å². The maximum atomic E-state index is 3.81. The van der Waals surface area contributed by atoms with Gasteiger partial charge < -0.3 is 10.6 Å². The second-order valence-corrected chi connectivity index (χ2v) is 7.23. The average molecular weight is 353 g/mol. The molecule has 1 aromatic rings. The molecule has 2 rings (SSSR count). The first-order valence-electron chi connectivity index (χ1n) is 8.44. The summed E-state index contributed by atoms with van der Waals surface area (Å²) in [6, 6.07) is 10.4. The molecule has 0 saturated carbocycles. The Kier molecular flexibility index (Phi) is 7.21. The van der Waals surface area contributed by atoms with E-state index in [1.807, 2.05) is 0 Å². The van der Waals surface area contributed by atoms with E-state index in [4.69, 9.17) is 0 Å². The lowest BCUT2D eigenvalue weighted by molar-refractivity contribution is 0.367. The highest BCUT2D eigenvalue weighted by Crippen LogP contribution is 2.21. The molecule has 2 N–H and O–H groups in total. The third kappa shape index (κ3) is 5.72. The Hall–Kier alpha value is -0.380. The van der Waals surface area contributed by atoms with Gasteiger partial charge in [-0.25, -0.2) is 0 Å². The van der Waals surface area contributed by atoms with Gasteiger partial charge in [0.25, 0.3) is 0 Å². The van der Waals surface area contributed by atoms with Gasteiger partial charge in [-0.3, -0.25) is 0 Å². The van der Waals surface area contributed by atoms with Gasteiger partial charge in [0.1, 0.15) is 0 Å². The van der Waals surface area contributed by atoms with Crippen molar-refractivity contribution in [2.24, 2.45) is 0 Å². The van der Waals surface area contributed by atoms with Crippen LogP contribution in [-0.2, 0) is 0 Å². The van der Waals surface area contributed by atoms with Gasteiger partial charge in [0.15, 0.2) is 0 Å². The first-order chi connectivity index (χ1) is 10.2. The van der Waals surface area contributed by atoms with Crippen LogP contribution in [0, 0.1) is 0 Å². The summed E-state index contributed by atoms with van der Waals surface area (Å²) in [6.07, 6.45) is 7.81. The molecular formula is C18H29BrN2. The molecule has 1 saturated heterocycles. The highest BCUT2D eigenvalue weighted by atomic mass is 79.9. The molecule has 3 unspecified atom stereocenters. The normalized spacial score (nSPS) is 22.5. The van der Waals surface area contributed by atoms with E-state index in [9.17, 15) is 0 Å². The van der Waals surface area contributed by atoms with Crippen molar-refractivity contribution >= 4 is 15.9 Å². The van der Waals surface area contributed by atoms with E-state index in [0.29, 0.717) is 18.1 Å². The molecule has 1 aliphatic heterocycles. The van der Waals surface area contributed by atoms with Crippen LogP contribution < -0.4 is 10.6 Å². The smallest absolute Gasteiger partial charge is 0.0319 e. The Morgan fingerprint density at radius 1 is 1.24 bits per heavy atom. The van der Waals surface area contributed by atoms with Crippen molar-refractivity contribution in [3.63, 3.8) is 0 Å². The largest absolute Gasteiger partial charge is 0.314 e. The summed E-state index contributed by atoms with van der Waals surface area (Å²) >= 11 is 3.51. The summed E-state index contributed by atoms with van der Waals surface area (Å²) < 4.78 is 1.15. The van der Waals surface area contributed by atoms with Crippen molar-refractivity contribution in [2.75, 3.05) is 6.54 Å². The van der Waals surface area contributed by atoms with Gasteiger partial charge in [0.05, 0.1) is 0 Å².